The van der Waals surface area contributed by atoms with E-state index in [9.17, 15) is 13.6 Å². The highest BCUT2D eigenvalue weighted by Crippen LogP contribution is 2.32. The molecule has 3 aromatic rings. The zero-order valence-corrected chi connectivity index (χ0v) is 10.8. The second kappa shape index (κ2) is 4.72. The summed E-state index contributed by atoms with van der Waals surface area (Å²) in [7, 11) is 0. The van der Waals surface area contributed by atoms with E-state index in [4.69, 9.17) is 11.6 Å². The molecule has 3 rings (SSSR count). The number of carbonyl (C=O) groups is 1. The predicted octanol–water partition coefficient (Wildman–Crippen LogP) is 4.58. The standard InChI is InChI=1S/C15H8ClF2NO/c16-9-3-1-2-8(4-9)15-11(7-20)14-12(18)5-10(17)6-13(14)19-15/h1-7,19H. The average Bonchev–Trinajstić information content (AvgIpc) is 2.77. The van der Waals surface area contributed by atoms with E-state index in [-0.39, 0.29) is 16.5 Å². The normalized spacial score (nSPS) is 10.9. The van der Waals surface area contributed by atoms with Gasteiger partial charge < -0.3 is 4.98 Å². The van der Waals surface area contributed by atoms with E-state index >= 15 is 0 Å². The molecule has 0 saturated heterocycles. The SMILES string of the molecule is O=Cc1c(-c2cccc(Cl)c2)[nH]c2cc(F)cc(F)c12. The van der Waals surface area contributed by atoms with E-state index in [0.29, 0.717) is 22.6 Å². The minimum Gasteiger partial charge on any atom is -0.354 e. The topological polar surface area (TPSA) is 32.9 Å². The highest BCUT2D eigenvalue weighted by Gasteiger charge is 2.17. The van der Waals surface area contributed by atoms with Crippen molar-refractivity contribution in [1.82, 2.24) is 4.98 Å². The molecular weight excluding hydrogens is 284 g/mol. The highest BCUT2D eigenvalue weighted by atomic mass is 35.5. The molecule has 0 saturated carbocycles. The van der Waals surface area contributed by atoms with E-state index in [1.807, 2.05) is 0 Å². The molecule has 0 aliphatic carbocycles. The van der Waals surface area contributed by atoms with Gasteiger partial charge in [0.15, 0.2) is 6.29 Å². The molecule has 0 bridgehead atoms. The van der Waals surface area contributed by atoms with E-state index in [1.165, 1.54) is 0 Å². The third-order valence-electron chi connectivity index (χ3n) is 3.08. The van der Waals surface area contributed by atoms with Crippen molar-refractivity contribution in [2.75, 3.05) is 0 Å². The molecule has 0 spiro atoms. The van der Waals surface area contributed by atoms with Crippen molar-refractivity contribution in [1.29, 1.82) is 0 Å². The third-order valence-corrected chi connectivity index (χ3v) is 3.32. The fraction of sp³-hybridized carbons (Fsp3) is 0. The Morgan fingerprint density at radius 3 is 2.65 bits per heavy atom. The summed E-state index contributed by atoms with van der Waals surface area (Å²) in [4.78, 5) is 14.2. The van der Waals surface area contributed by atoms with Gasteiger partial charge in [-0.1, -0.05) is 23.7 Å². The first-order chi connectivity index (χ1) is 9.60. The number of benzene rings is 2. The predicted molar refractivity (Wildman–Crippen MR) is 74.0 cm³/mol. The maximum Gasteiger partial charge on any atom is 0.152 e. The molecule has 1 heterocycles. The van der Waals surface area contributed by atoms with Crippen LogP contribution in [0.5, 0.6) is 0 Å². The molecule has 100 valence electrons. The number of H-pyrrole nitrogens is 1. The summed E-state index contributed by atoms with van der Waals surface area (Å²) in [6.45, 7) is 0. The van der Waals surface area contributed by atoms with Crippen LogP contribution in [-0.4, -0.2) is 11.3 Å². The van der Waals surface area contributed by atoms with Crippen molar-refractivity contribution in [2.45, 2.75) is 0 Å². The molecule has 2 nitrogen and oxygen atoms in total. The van der Waals surface area contributed by atoms with Gasteiger partial charge in [-0.15, -0.1) is 0 Å². The molecule has 1 N–H and O–H groups in total. The van der Waals surface area contributed by atoms with Crippen molar-refractivity contribution in [3.63, 3.8) is 0 Å². The lowest BCUT2D eigenvalue weighted by Crippen LogP contribution is -1.86. The van der Waals surface area contributed by atoms with Gasteiger partial charge >= 0.3 is 0 Å². The van der Waals surface area contributed by atoms with Crippen LogP contribution in [0.4, 0.5) is 8.78 Å². The Bertz CT molecular complexity index is 826. The Balaban J connectivity index is 2.37. The lowest BCUT2D eigenvalue weighted by atomic mass is 10.1. The summed E-state index contributed by atoms with van der Waals surface area (Å²) in [5.74, 6) is -1.47. The Morgan fingerprint density at radius 2 is 1.95 bits per heavy atom. The monoisotopic (exact) mass is 291 g/mol. The molecule has 20 heavy (non-hydrogen) atoms. The number of aromatic nitrogens is 1. The summed E-state index contributed by atoms with van der Waals surface area (Å²) < 4.78 is 27.1. The summed E-state index contributed by atoms with van der Waals surface area (Å²) in [6, 6.07) is 8.69. The lowest BCUT2D eigenvalue weighted by molar-refractivity contribution is 0.112. The van der Waals surface area contributed by atoms with Crippen molar-refractivity contribution >= 4 is 28.8 Å². The van der Waals surface area contributed by atoms with E-state index in [0.717, 1.165) is 12.1 Å². The van der Waals surface area contributed by atoms with Gasteiger partial charge in [0.1, 0.15) is 11.6 Å². The fourth-order valence-electron chi connectivity index (χ4n) is 2.26. The fourth-order valence-corrected chi connectivity index (χ4v) is 2.45. The van der Waals surface area contributed by atoms with E-state index in [1.54, 1.807) is 24.3 Å². The zero-order valence-electron chi connectivity index (χ0n) is 10.1. The highest BCUT2D eigenvalue weighted by molar-refractivity contribution is 6.30. The molecule has 0 aliphatic heterocycles. The maximum atomic E-state index is 13.9. The number of hydrogen-bond acceptors (Lipinski definition) is 1. The minimum absolute atomic E-state index is 0.0800. The third kappa shape index (κ3) is 1.98. The van der Waals surface area contributed by atoms with Crippen LogP contribution in [0.1, 0.15) is 10.4 Å². The van der Waals surface area contributed by atoms with Crippen molar-refractivity contribution in [3.8, 4) is 11.3 Å². The Labute approximate surface area is 118 Å². The number of aldehydes is 1. The van der Waals surface area contributed by atoms with Gasteiger partial charge in [0.05, 0.1) is 16.8 Å². The number of halogens is 3. The van der Waals surface area contributed by atoms with Gasteiger partial charge in [0.25, 0.3) is 0 Å². The summed E-state index contributed by atoms with van der Waals surface area (Å²) in [5.41, 5.74) is 1.44. The first kappa shape index (κ1) is 12.8. The first-order valence-electron chi connectivity index (χ1n) is 5.82. The van der Waals surface area contributed by atoms with Gasteiger partial charge in [-0.2, -0.15) is 0 Å². The summed E-state index contributed by atoms with van der Waals surface area (Å²) in [6.07, 6.45) is 0.552. The van der Waals surface area contributed by atoms with Crippen LogP contribution in [0.15, 0.2) is 36.4 Å². The number of nitrogens with one attached hydrogen (secondary N) is 1. The molecule has 0 atom stereocenters. The molecule has 2 aromatic carbocycles. The summed E-state index contributed by atoms with van der Waals surface area (Å²) in [5, 5.41) is 0.570. The Hall–Kier alpha value is -2.20. The molecule has 5 heteroatoms. The minimum atomic E-state index is -0.772. The number of carbonyl (C=O) groups excluding carboxylic acids is 1. The van der Waals surface area contributed by atoms with Crippen LogP contribution >= 0.6 is 11.6 Å². The van der Waals surface area contributed by atoms with E-state index < -0.39 is 11.6 Å². The lowest BCUT2D eigenvalue weighted by Gasteiger charge is -2.00. The Kier molecular flexibility index (Phi) is 3.03. The number of fused-ring (bicyclic) bond motifs is 1. The molecule has 0 fully saturated rings. The average molecular weight is 292 g/mol. The second-order valence-corrected chi connectivity index (χ2v) is 4.79. The number of rotatable bonds is 2. The van der Waals surface area contributed by atoms with Gasteiger partial charge in [0, 0.05) is 22.0 Å². The summed E-state index contributed by atoms with van der Waals surface area (Å²) >= 11 is 5.91. The van der Waals surface area contributed by atoms with Crippen molar-refractivity contribution < 1.29 is 13.6 Å². The van der Waals surface area contributed by atoms with Crippen LogP contribution in [0.2, 0.25) is 5.02 Å². The van der Waals surface area contributed by atoms with Crippen LogP contribution in [0.3, 0.4) is 0 Å². The van der Waals surface area contributed by atoms with Crippen molar-refractivity contribution in [3.05, 3.63) is 58.6 Å². The molecule has 0 unspecified atom stereocenters. The maximum absolute atomic E-state index is 13.9. The number of hydrogen-bond donors (Lipinski definition) is 1. The van der Waals surface area contributed by atoms with E-state index in [2.05, 4.69) is 4.98 Å². The quantitative estimate of drug-likeness (QED) is 0.689. The molecule has 0 aliphatic rings. The zero-order chi connectivity index (χ0) is 14.3. The largest absolute Gasteiger partial charge is 0.354 e. The first-order valence-corrected chi connectivity index (χ1v) is 6.20. The van der Waals surface area contributed by atoms with Crippen LogP contribution in [0.25, 0.3) is 22.2 Å². The van der Waals surface area contributed by atoms with Gasteiger partial charge in [0.2, 0.25) is 0 Å². The molecule has 0 radical (unpaired) electrons. The smallest absolute Gasteiger partial charge is 0.152 e. The number of aromatic amines is 1. The van der Waals surface area contributed by atoms with Crippen LogP contribution in [0, 0.1) is 11.6 Å². The van der Waals surface area contributed by atoms with Crippen molar-refractivity contribution in [2.24, 2.45) is 0 Å². The molecule has 1 aromatic heterocycles. The molecule has 0 amide bonds. The molecular formula is C15H8ClF2NO. The van der Waals surface area contributed by atoms with Crippen LogP contribution in [-0.2, 0) is 0 Å². The van der Waals surface area contributed by atoms with Gasteiger partial charge in [-0.3, -0.25) is 4.79 Å². The van der Waals surface area contributed by atoms with Gasteiger partial charge in [-0.25, -0.2) is 8.78 Å². The van der Waals surface area contributed by atoms with Gasteiger partial charge in [-0.05, 0) is 18.2 Å². The van der Waals surface area contributed by atoms with Crippen LogP contribution < -0.4 is 0 Å². The Morgan fingerprint density at radius 1 is 1.15 bits per heavy atom. The second-order valence-electron chi connectivity index (χ2n) is 4.35.